The fraction of sp³-hybridized carbons (Fsp3) is 0. The van der Waals surface area contributed by atoms with Gasteiger partial charge < -0.3 is 0 Å². The van der Waals surface area contributed by atoms with E-state index in [9.17, 15) is 0 Å². The molecule has 0 amide bonds. The highest BCUT2D eigenvalue weighted by Gasteiger charge is 2.27. The van der Waals surface area contributed by atoms with Crippen LogP contribution in [0.2, 0.25) is 0 Å². The fourth-order valence-electron chi connectivity index (χ4n) is 8.89. The Balaban J connectivity index is 1.51. The highest BCUT2D eigenvalue weighted by atomic mass is 14.3. The molecule has 0 atom stereocenters. The van der Waals surface area contributed by atoms with Gasteiger partial charge in [-0.05, 0) is 115 Å². The second-order valence-electron chi connectivity index (χ2n) is 13.1. The number of rotatable bonds is 3. The van der Waals surface area contributed by atoms with Gasteiger partial charge in [0.2, 0.25) is 0 Å². The molecule has 0 spiro atoms. The van der Waals surface area contributed by atoms with E-state index in [0.29, 0.717) is 0 Å². The van der Waals surface area contributed by atoms with Gasteiger partial charge in [-0.2, -0.15) is 0 Å². The Bertz CT molecular complexity index is 3020. The third-order valence-corrected chi connectivity index (χ3v) is 10.7. The summed E-state index contributed by atoms with van der Waals surface area (Å²) in [6.07, 6.45) is 0. The van der Waals surface area contributed by atoms with Crippen LogP contribution in [0, 0.1) is 0 Å². The van der Waals surface area contributed by atoms with Gasteiger partial charge in [0.1, 0.15) is 0 Å². The van der Waals surface area contributed by atoms with E-state index in [4.69, 9.17) is 0 Å². The molecule has 0 aliphatic heterocycles. The van der Waals surface area contributed by atoms with Crippen molar-refractivity contribution in [1.29, 1.82) is 0 Å². The maximum absolute atomic E-state index is 2.53. The zero-order valence-electron chi connectivity index (χ0n) is 26.2. The molecule has 11 rings (SSSR count). The first-order valence-corrected chi connectivity index (χ1v) is 16.8. The van der Waals surface area contributed by atoms with Crippen molar-refractivity contribution in [3.63, 3.8) is 0 Å². The summed E-state index contributed by atoms with van der Waals surface area (Å²) < 4.78 is 0. The lowest BCUT2D eigenvalue weighted by molar-refractivity contribution is 1.61. The molecule has 0 bridgehead atoms. The topological polar surface area (TPSA) is 0 Å². The van der Waals surface area contributed by atoms with Crippen LogP contribution in [0.25, 0.3) is 109 Å². The second-order valence-corrected chi connectivity index (χ2v) is 13.1. The minimum atomic E-state index is 1.23. The van der Waals surface area contributed by atoms with E-state index < -0.39 is 0 Å². The van der Waals surface area contributed by atoms with Crippen LogP contribution >= 0.6 is 0 Å². The Morgan fingerprint density at radius 3 is 1.44 bits per heavy atom. The Morgan fingerprint density at radius 2 is 0.729 bits per heavy atom. The fourth-order valence-corrected chi connectivity index (χ4v) is 8.89. The summed E-state index contributed by atoms with van der Waals surface area (Å²) in [5.74, 6) is 0. The van der Waals surface area contributed by atoms with Gasteiger partial charge in [-0.3, -0.25) is 0 Å². The summed E-state index contributed by atoms with van der Waals surface area (Å²) in [5, 5.41) is 18.6. The average Bonchev–Trinajstić information content (AvgIpc) is 3.66. The van der Waals surface area contributed by atoms with Gasteiger partial charge >= 0.3 is 0 Å². The first-order valence-electron chi connectivity index (χ1n) is 16.8. The number of hydrogen-bond acceptors (Lipinski definition) is 0. The van der Waals surface area contributed by atoms with Gasteiger partial charge in [0.25, 0.3) is 0 Å². The Morgan fingerprint density at radius 1 is 0.229 bits per heavy atom. The van der Waals surface area contributed by atoms with Gasteiger partial charge in [-0.25, -0.2) is 0 Å². The highest BCUT2D eigenvalue weighted by molar-refractivity contribution is 6.45. The summed E-state index contributed by atoms with van der Waals surface area (Å²) >= 11 is 0. The summed E-state index contributed by atoms with van der Waals surface area (Å²) in [6, 6.07) is 63.1. The normalized spacial score (nSPS) is 12.2. The first-order chi connectivity index (χ1) is 23.9. The van der Waals surface area contributed by atoms with Gasteiger partial charge in [0, 0.05) is 0 Å². The van der Waals surface area contributed by atoms with Gasteiger partial charge in [0.05, 0.1) is 0 Å². The molecule has 0 fully saturated rings. The summed E-state index contributed by atoms with van der Waals surface area (Å²) in [4.78, 5) is 0. The van der Waals surface area contributed by atoms with E-state index in [1.54, 1.807) is 0 Å². The van der Waals surface area contributed by atoms with Crippen molar-refractivity contribution in [2.24, 2.45) is 0 Å². The minimum Gasteiger partial charge on any atom is -0.0622 e. The van der Waals surface area contributed by atoms with E-state index >= 15 is 0 Å². The van der Waals surface area contributed by atoms with Crippen molar-refractivity contribution in [1.82, 2.24) is 0 Å². The Kier molecular flexibility index (Phi) is 5.20. The molecule has 11 aromatic rings. The van der Waals surface area contributed by atoms with Crippen LogP contribution in [-0.2, 0) is 0 Å². The molecule has 48 heavy (non-hydrogen) atoms. The molecule has 0 aromatic heterocycles. The molecule has 0 aliphatic carbocycles. The third-order valence-electron chi connectivity index (χ3n) is 10.7. The molecular formula is C48H28. The average molecular weight is 605 g/mol. The lowest BCUT2D eigenvalue weighted by Crippen LogP contribution is -1.93. The van der Waals surface area contributed by atoms with Crippen molar-refractivity contribution in [3.05, 3.63) is 170 Å². The van der Waals surface area contributed by atoms with Crippen LogP contribution in [0.3, 0.4) is 0 Å². The van der Waals surface area contributed by atoms with Crippen LogP contribution in [-0.4, -0.2) is 0 Å². The predicted molar refractivity (Wildman–Crippen MR) is 208 cm³/mol. The monoisotopic (exact) mass is 604 g/mol. The molecule has 0 N–H and O–H groups in total. The molecule has 11 aromatic carbocycles. The third kappa shape index (κ3) is 3.34. The summed E-state index contributed by atoms with van der Waals surface area (Å²) in [7, 11) is 0. The van der Waals surface area contributed by atoms with E-state index in [-0.39, 0.29) is 0 Å². The summed E-state index contributed by atoms with van der Waals surface area (Å²) in [6.45, 7) is 0. The molecule has 0 aliphatic rings. The van der Waals surface area contributed by atoms with E-state index in [1.165, 1.54) is 109 Å². The van der Waals surface area contributed by atoms with E-state index in [2.05, 4.69) is 170 Å². The number of fused-ring (bicyclic) bond motifs is 8. The van der Waals surface area contributed by atoms with E-state index in [1.807, 2.05) is 0 Å². The maximum Gasteiger partial charge on any atom is -0.000718 e. The number of hydrogen-bond donors (Lipinski definition) is 0. The standard InChI is InChI=1S/C48H28/c1-3-14-29(15-4-1)32-20-7-10-23-35(32)45-41-28-40-34-22-9-8-21-33(34)36-24-13-27-39(44(36)40)46(41)43(31-16-5-2-6-17-31)47-37-25-11-18-30-19-12-26-38(42(30)37)48(45)47/h1-28H. The molecule has 0 saturated carbocycles. The Hall–Kier alpha value is -6.24. The lowest BCUT2D eigenvalue weighted by Gasteiger charge is -2.20. The highest BCUT2D eigenvalue weighted by Crippen LogP contribution is 2.55. The molecule has 0 nitrogen and oxygen atoms in total. The lowest BCUT2D eigenvalue weighted by atomic mass is 9.82. The van der Waals surface area contributed by atoms with Crippen molar-refractivity contribution < 1.29 is 0 Å². The molecule has 0 heterocycles. The van der Waals surface area contributed by atoms with Gasteiger partial charge in [-0.15, -0.1) is 0 Å². The van der Waals surface area contributed by atoms with Crippen molar-refractivity contribution >= 4 is 75.4 Å². The van der Waals surface area contributed by atoms with Crippen LogP contribution in [0.4, 0.5) is 0 Å². The SMILES string of the molecule is c1ccc(-c2ccccc2-c2c3cc4c5ccccc5c5cccc(c3c(-c3ccccc3)c3c6cccc7cccc(c23)c76)c54)cc1. The van der Waals surface area contributed by atoms with Crippen LogP contribution in [0.1, 0.15) is 0 Å². The summed E-state index contributed by atoms with van der Waals surface area (Å²) in [5.41, 5.74) is 7.64. The largest absolute Gasteiger partial charge is 0.0622 e. The smallest absolute Gasteiger partial charge is 0.000718 e. The molecular weight excluding hydrogens is 577 g/mol. The Labute approximate surface area is 277 Å². The molecule has 0 radical (unpaired) electrons. The van der Waals surface area contributed by atoms with E-state index in [0.717, 1.165) is 0 Å². The van der Waals surface area contributed by atoms with Crippen LogP contribution in [0.15, 0.2) is 170 Å². The van der Waals surface area contributed by atoms with Crippen LogP contribution < -0.4 is 0 Å². The second kappa shape index (κ2) is 9.64. The zero-order chi connectivity index (χ0) is 31.3. The zero-order valence-corrected chi connectivity index (χ0v) is 26.2. The van der Waals surface area contributed by atoms with Crippen molar-refractivity contribution in [2.45, 2.75) is 0 Å². The quantitative estimate of drug-likeness (QED) is 0.176. The van der Waals surface area contributed by atoms with Gasteiger partial charge in [-0.1, -0.05) is 164 Å². The predicted octanol–water partition coefficient (Wildman–Crippen LogP) is 13.6. The first kappa shape index (κ1) is 25.9. The van der Waals surface area contributed by atoms with Gasteiger partial charge in [0.15, 0.2) is 0 Å². The van der Waals surface area contributed by atoms with Crippen molar-refractivity contribution in [2.75, 3.05) is 0 Å². The molecule has 0 unspecified atom stereocenters. The maximum atomic E-state index is 2.53. The molecule has 0 heteroatoms. The number of benzene rings is 9. The minimum absolute atomic E-state index is 1.23. The van der Waals surface area contributed by atoms with Crippen LogP contribution in [0.5, 0.6) is 0 Å². The molecule has 220 valence electrons. The van der Waals surface area contributed by atoms with Crippen molar-refractivity contribution in [3.8, 4) is 33.4 Å². The molecule has 0 saturated heterocycles.